The number of ether oxygens (including phenoxy) is 6. The molecule has 0 aliphatic carbocycles. The lowest BCUT2D eigenvalue weighted by atomic mass is 10.1. The van der Waals surface area contributed by atoms with Crippen LogP contribution in [0.5, 0.6) is 34.5 Å². The fourth-order valence-electron chi connectivity index (χ4n) is 10.4. The lowest BCUT2D eigenvalue weighted by Crippen LogP contribution is -2.51. The molecule has 0 amide bonds. The van der Waals surface area contributed by atoms with E-state index in [9.17, 15) is 19.2 Å². The van der Waals surface area contributed by atoms with E-state index in [4.69, 9.17) is 36.7 Å². The van der Waals surface area contributed by atoms with Crippen molar-refractivity contribution >= 4 is 59.8 Å². The van der Waals surface area contributed by atoms with Gasteiger partial charge in [-0.05, 0) is 197 Å². The molecule has 0 aliphatic rings. The second-order valence-corrected chi connectivity index (χ2v) is 37.0. The largest absolute Gasteiger partial charge is 0.494 e. The third kappa shape index (κ3) is 26.0. The Morgan fingerprint density at radius 1 is 0.318 bits per heavy atom. The van der Waals surface area contributed by atoms with Gasteiger partial charge in [-0.25, -0.2) is 19.2 Å². The molecule has 85 heavy (non-hydrogen) atoms. The Kier molecular flexibility index (Phi) is 28.1. The van der Waals surface area contributed by atoms with Crippen molar-refractivity contribution in [1.82, 2.24) is 0 Å². The highest BCUT2D eigenvalue weighted by Crippen LogP contribution is 2.29. The standard InChI is InChI=1S/C70H94O12Si3/c1-9-10-11-12-13-14-15-16-18-21-24-27-50-75-61-40-30-55(31-41-61)67(71)77-63-44-34-57(35-45-63)69(73)79-65-48-38-60-54-66(49-39-59(60)53-65)80-70(74)58-36-46-64(47-37-58)78-68(72)56-32-42-62(43-33-56)76-51-28-25-22-19-17-20-23-26-29-52-84(5,6)82-85(7,8)81-83(2,3)4/h30-49,53-54H,9-29,50-52H2,1-8H3. The molecule has 0 saturated carbocycles. The summed E-state index contributed by atoms with van der Waals surface area (Å²) in [4.78, 5) is 52.1. The second kappa shape index (κ2) is 35.3. The van der Waals surface area contributed by atoms with E-state index in [0.29, 0.717) is 47.3 Å². The fraction of sp³-hybridized carbons (Fsp3) is 0.457. The number of unbranched alkanes of at least 4 members (excludes halogenated alkanes) is 19. The highest BCUT2D eigenvalue weighted by molar-refractivity contribution is 6.87. The normalized spacial score (nSPS) is 11.8. The molecule has 0 N–H and O–H groups in total. The topological polar surface area (TPSA) is 142 Å². The summed E-state index contributed by atoms with van der Waals surface area (Å²) >= 11 is 0. The van der Waals surface area contributed by atoms with Crippen LogP contribution in [-0.4, -0.2) is 62.3 Å². The zero-order valence-corrected chi connectivity index (χ0v) is 55.1. The number of benzene rings is 6. The van der Waals surface area contributed by atoms with Crippen LogP contribution in [0.25, 0.3) is 10.8 Å². The van der Waals surface area contributed by atoms with Gasteiger partial charge in [0.1, 0.15) is 34.5 Å². The Balaban J connectivity index is 0.820. The number of fused-ring (bicyclic) bond motifs is 1. The summed E-state index contributed by atoms with van der Waals surface area (Å²) in [6, 6.07) is 37.6. The zero-order chi connectivity index (χ0) is 60.9. The number of hydrogen-bond donors (Lipinski definition) is 0. The summed E-state index contributed by atoms with van der Waals surface area (Å²) in [5, 5.41) is 1.51. The van der Waals surface area contributed by atoms with Crippen LogP contribution in [0.2, 0.25) is 51.9 Å². The molecule has 12 nitrogen and oxygen atoms in total. The molecular formula is C70H94O12Si3. The monoisotopic (exact) mass is 1210 g/mol. The molecule has 458 valence electrons. The number of esters is 4. The maximum Gasteiger partial charge on any atom is 0.343 e. The lowest BCUT2D eigenvalue weighted by molar-refractivity contribution is 0.0720. The van der Waals surface area contributed by atoms with Crippen LogP contribution in [0, 0.1) is 0 Å². The summed E-state index contributed by atoms with van der Waals surface area (Å²) in [6.45, 7) is 19.4. The SMILES string of the molecule is CCCCCCCCCCCCCCOc1ccc(C(=O)Oc2ccc(C(=O)Oc3ccc4cc(OC(=O)c5ccc(OC(=O)c6ccc(OCCCCCCCCCCC[Si](C)(C)O[Si](C)(C)O[Si](C)(C)C)cc6)cc5)ccc4c3)cc2)cc1. The molecule has 15 heteroatoms. The van der Waals surface area contributed by atoms with Gasteiger partial charge in [-0.3, -0.25) is 0 Å². The van der Waals surface area contributed by atoms with Crippen molar-refractivity contribution in [3.8, 4) is 34.5 Å². The Hall–Kier alpha value is -6.37. The molecule has 0 atom stereocenters. The number of carbonyl (C=O) groups excluding carboxylic acids is 4. The fourth-order valence-corrected chi connectivity index (χ4v) is 23.6. The summed E-state index contributed by atoms with van der Waals surface area (Å²) in [5.41, 5.74) is 1.31. The quantitative estimate of drug-likeness (QED) is 0.0157. The van der Waals surface area contributed by atoms with Crippen molar-refractivity contribution in [3.05, 3.63) is 156 Å². The van der Waals surface area contributed by atoms with Gasteiger partial charge in [0.25, 0.3) is 0 Å². The van der Waals surface area contributed by atoms with Crippen LogP contribution in [0.15, 0.2) is 133 Å². The van der Waals surface area contributed by atoms with E-state index in [1.165, 1.54) is 139 Å². The first-order chi connectivity index (χ1) is 40.8. The predicted molar refractivity (Wildman–Crippen MR) is 348 cm³/mol. The van der Waals surface area contributed by atoms with E-state index in [1.54, 1.807) is 109 Å². The molecule has 0 heterocycles. The molecule has 0 bridgehead atoms. The molecule has 0 aliphatic heterocycles. The zero-order valence-electron chi connectivity index (χ0n) is 52.1. The molecule has 6 aromatic carbocycles. The minimum atomic E-state index is -2.07. The molecule has 6 aromatic rings. The minimum Gasteiger partial charge on any atom is -0.494 e. The number of hydrogen-bond acceptors (Lipinski definition) is 12. The van der Waals surface area contributed by atoms with Gasteiger partial charge >= 0.3 is 32.4 Å². The number of rotatable bonds is 39. The third-order valence-electron chi connectivity index (χ3n) is 14.5. The molecule has 0 spiro atoms. The van der Waals surface area contributed by atoms with Gasteiger partial charge in [-0.1, -0.05) is 141 Å². The van der Waals surface area contributed by atoms with E-state index in [2.05, 4.69) is 52.8 Å². The Morgan fingerprint density at radius 3 is 0.929 bits per heavy atom. The van der Waals surface area contributed by atoms with Crippen molar-refractivity contribution in [3.63, 3.8) is 0 Å². The second-order valence-electron chi connectivity index (χ2n) is 24.3. The average Bonchev–Trinajstić information content (AvgIpc) is 3.58. The predicted octanol–water partition coefficient (Wildman–Crippen LogP) is 19.5. The van der Waals surface area contributed by atoms with Crippen LogP contribution in [0.1, 0.15) is 183 Å². The number of carbonyl (C=O) groups is 4. The Morgan fingerprint density at radius 2 is 0.600 bits per heavy atom. The molecule has 0 saturated heterocycles. The Labute approximate surface area is 510 Å². The van der Waals surface area contributed by atoms with E-state index >= 15 is 0 Å². The van der Waals surface area contributed by atoms with Crippen LogP contribution in [0.4, 0.5) is 0 Å². The highest BCUT2D eigenvalue weighted by Gasteiger charge is 2.37. The van der Waals surface area contributed by atoms with E-state index in [-0.39, 0.29) is 22.6 Å². The molecule has 6 rings (SSSR count). The smallest absolute Gasteiger partial charge is 0.343 e. The van der Waals surface area contributed by atoms with Gasteiger partial charge in [0, 0.05) is 0 Å². The van der Waals surface area contributed by atoms with Crippen LogP contribution in [0.3, 0.4) is 0 Å². The van der Waals surface area contributed by atoms with Gasteiger partial charge in [0.2, 0.25) is 0 Å². The first-order valence-electron chi connectivity index (χ1n) is 31.3. The maximum atomic E-state index is 13.1. The van der Waals surface area contributed by atoms with Crippen molar-refractivity contribution < 1.29 is 55.8 Å². The first-order valence-corrected chi connectivity index (χ1v) is 40.7. The molecule has 0 fully saturated rings. The average molecular weight is 1210 g/mol. The van der Waals surface area contributed by atoms with Crippen molar-refractivity contribution in [2.75, 3.05) is 13.2 Å². The summed E-state index contributed by atoms with van der Waals surface area (Å²) in [5.74, 6) is 0.411. The van der Waals surface area contributed by atoms with Crippen molar-refractivity contribution in [1.29, 1.82) is 0 Å². The van der Waals surface area contributed by atoms with E-state index in [0.717, 1.165) is 36.5 Å². The Bertz CT molecular complexity index is 2970. The van der Waals surface area contributed by atoms with Crippen LogP contribution < -0.4 is 28.4 Å². The van der Waals surface area contributed by atoms with Gasteiger partial charge in [0.05, 0.1) is 35.5 Å². The maximum absolute atomic E-state index is 13.1. The van der Waals surface area contributed by atoms with Crippen LogP contribution >= 0.6 is 0 Å². The summed E-state index contributed by atoms with van der Waals surface area (Å²) < 4.78 is 47.4. The molecular weight excluding hydrogens is 1120 g/mol. The molecule has 0 radical (unpaired) electrons. The third-order valence-corrected chi connectivity index (χ3v) is 24.7. The minimum absolute atomic E-state index is 0.272. The lowest BCUT2D eigenvalue weighted by Gasteiger charge is -2.37. The van der Waals surface area contributed by atoms with Crippen LogP contribution in [-0.2, 0) is 8.23 Å². The van der Waals surface area contributed by atoms with Crippen molar-refractivity contribution in [2.45, 2.75) is 194 Å². The van der Waals surface area contributed by atoms with Gasteiger partial charge in [-0.2, -0.15) is 0 Å². The van der Waals surface area contributed by atoms with Gasteiger partial charge in [0.15, 0.2) is 16.6 Å². The van der Waals surface area contributed by atoms with E-state index in [1.807, 2.05) is 0 Å². The molecule has 0 unspecified atom stereocenters. The summed E-state index contributed by atoms with van der Waals surface area (Å²) in [6.07, 6.45) is 26.4. The highest BCUT2D eigenvalue weighted by atomic mass is 28.5. The summed E-state index contributed by atoms with van der Waals surface area (Å²) in [7, 11) is -5.39. The van der Waals surface area contributed by atoms with Gasteiger partial charge < -0.3 is 36.7 Å². The van der Waals surface area contributed by atoms with Gasteiger partial charge in [-0.15, -0.1) is 0 Å². The molecule has 0 aromatic heterocycles. The first kappa shape index (κ1) is 67.8. The van der Waals surface area contributed by atoms with Crippen molar-refractivity contribution in [2.24, 2.45) is 0 Å². The van der Waals surface area contributed by atoms with E-state index < -0.39 is 49.1 Å².